The molecule has 13 heavy (non-hydrogen) atoms. The molecule has 1 aromatic rings. The second-order valence-electron chi connectivity index (χ2n) is 3.12. The first-order chi connectivity index (χ1) is 5.97. The Hall–Kier alpha value is -0.860. The Morgan fingerprint density at radius 3 is 2.69 bits per heavy atom. The molecule has 0 saturated heterocycles. The number of nitrogens with two attached hydrogens (primary N) is 1. The van der Waals surface area contributed by atoms with Crippen molar-refractivity contribution in [2.75, 3.05) is 0 Å². The lowest BCUT2D eigenvalue weighted by Gasteiger charge is -2.20. The molecule has 0 bridgehead atoms. The fourth-order valence-electron chi connectivity index (χ4n) is 0.949. The van der Waals surface area contributed by atoms with E-state index in [-0.39, 0.29) is 5.02 Å². The van der Waals surface area contributed by atoms with Gasteiger partial charge >= 0.3 is 0 Å². The smallest absolute Gasteiger partial charge is 0.142 e. The molecule has 1 rings (SSSR count). The Morgan fingerprint density at radius 2 is 2.23 bits per heavy atom. The zero-order chi connectivity index (χ0) is 10.1. The van der Waals surface area contributed by atoms with Gasteiger partial charge in [-0.05, 0) is 24.6 Å². The number of benzene rings is 1. The monoisotopic (exact) mass is 199 g/mol. The van der Waals surface area contributed by atoms with Gasteiger partial charge in [0.05, 0.1) is 10.6 Å². The largest absolute Gasteiger partial charge is 0.318 e. The summed E-state index contributed by atoms with van der Waals surface area (Å²) in [5.74, 6) is -0.460. The Kier molecular flexibility index (Phi) is 2.74. The van der Waals surface area contributed by atoms with Crippen LogP contribution in [0.3, 0.4) is 0 Å². The third-order valence-electron chi connectivity index (χ3n) is 1.97. The average Bonchev–Trinajstić information content (AvgIpc) is 2.09. The summed E-state index contributed by atoms with van der Waals surface area (Å²) in [6.07, 6.45) is 1.57. The van der Waals surface area contributed by atoms with Crippen LogP contribution in [-0.2, 0) is 5.54 Å². The lowest BCUT2D eigenvalue weighted by Crippen LogP contribution is -2.30. The van der Waals surface area contributed by atoms with E-state index in [0.717, 1.165) is 0 Å². The summed E-state index contributed by atoms with van der Waals surface area (Å²) in [4.78, 5) is 0. The van der Waals surface area contributed by atoms with Crippen LogP contribution < -0.4 is 5.73 Å². The molecule has 1 atom stereocenters. The quantitative estimate of drug-likeness (QED) is 0.729. The average molecular weight is 200 g/mol. The first kappa shape index (κ1) is 10.2. The Balaban J connectivity index is 3.18. The molecule has 0 unspecified atom stereocenters. The summed E-state index contributed by atoms with van der Waals surface area (Å²) in [6.45, 7) is 5.33. The standard InChI is InChI=1S/C10H11ClFN/c1-3-10(2,13)7-4-5-8(11)9(12)6-7/h3-6H,1,13H2,2H3/t10-/m0/s1. The second-order valence-corrected chi connectivity index (χ2v) is 3.52. The molecule has 0 heterocycles. The summed E-state index contributed by atoms with van der Waals surface area (Å²) in [5.41, 5.74) is 5.77. The van der Waals surface area contributed by atoms with Crippen molar-refractivity contribution in [2.45, 2.75) is 12.5 Å². The van der Waals surface area contributed by atoms with Crippen molar-refractivity contribution < 1.29 is 4.39 Å². The molecular weight excluding hydrogens is 189 g/mol. The highest BCUT2D eigenvalue weighted by Crippen LogP contribution is 2.23. The van der Waals surface area contributed by atoms with Crippen LogP contribution in [0.5, 0.6) is 0 Å². The second kappa shape index (κ2) is 3.48. The highest BCUT2D eigenvalue weighted by Gasteiger charge is 2.17. The Labute approximate surface area is 82.0 Å². The summed E-state index contributed by atoms with van der Waals surface area (Å²) < 4.78 is 13.0. The Morgan fingerprint density at radius 1 is 1.62 bits per heavy atom. The van der Waals surface area contributed by atoms with Gasteiger partial charge in [-0.1, -0.05) is 23.7 Å². The predicted octanol–water partition coefficient (Wildman–Crippen LogP) is 2.84. The minimum Gasteiger partial charge on any atom is -0.318 e. The van der Waals surface area contributed by atoms with Crippen LogP contribution in [0.25, 0.3) is 0 Å². The van der Waals surface area contributed by atoms with Crippen LogP contribution in [-0.4, -0.2) is 0 Å². The van der Waals surface area contributed by atoms with Crippen molar-refractivity contribution in [3.05, 3.63) is 47.3 Å². The topological polar surface area (TPSA) is 26.0 Å². The molecule has 70 valence electrons. The summed E-state index contributed by atoms with van der Waals surface area (Å²) >= 11 is 5.53. The van der Waals surface area contributed by atoms with Gasteiger partial charge in [-0.3, -0.25) is 0 Å². The maximum Gasteiger partial charge on any atom is 0.142 e. The molecule has 0 radical (unpaired) electrons. The predicted molar refractivity (Wildman–Crippen MR) is 53.1 cm³/mol. The van der Waals surface area contributed by atoms with Gasteiger partial charge in [0.1, 0.15) is 5.82 Å². The molecular formula is C10H11ClFN. The van der Waals surface area contributed by atoms with Crippen molar-refractivity contribution >= 4 is 11.6 Å². The number of hydrogen-bond acceptors (Lipinski definition) is 1. The molecule has 0 spiro atoms. The zero-order valence-electron chi connectivity index (χ0n) is 7.35. The maximum atomic E-state index is 13.0. The summed E-state index contributed by atoms with van der Waals surface area (Å²) in [5, 5.41) is 0.101. The van der Waals surface area contributed by atoms with E-state index in [2.05, 4.69) is 6.58 Å². The SMILES string of the molecule is C=C[C@](C)(N)c1ccc(Cl)c(F)c1. The van der Waals surface area contributed by atoms with Crippen molar-refractivity contribution in [3.63, 3.8) is 0 Å². The van der Waals surface area contributed by atoms with Crippen LogP contribution >= 0.6 is 11.6 Å². The van der Waals surface area contributed by atoms with E-state index in [1.165, 1.54) is 12.1 Å². The number of halogens is 2. The Bertz CT molecular complexity index is 334. The molecule has 1 nitrogen and oxygen atoms in total. The van der Waals surface area contributed by atoms with Gasteiger partial charge in [0, 0.05) is 0 Å². The van der Waals surface area contributed by atoms with Gasteiger partial charge in [-0.2, -0.15) is 0 Å². The van der Waals surface area contributed by atoms with Gasteiger partial charge < -0.3 is 5.73 Å². The van der Waals surface area contributed by atoms with E-state index < -0.39 is 11.4 Å². The van der Waals surface area contributed by atoms with Crippen molar-refractivity contribution in [2.24, 2.45) is 5.73 Å². The fourth-order valence-corrected chi connectivity index (χ4v) is 1.07. The summed E-state index contributed by atoms with van der Waals surface area (Å²) in [7, 11) is 0. The highest BCUT2D eigenvalue weighted by molar-refractivity contribution is 6.30. The molecule has 3 heteroatoms. The normalized spacial score (nSPS) is 15.1. The van der Waals surface area contributed by atoms with E-state index in [0.29, 0.717) is 5.56 Å². The first-order valence-electron chi connectivity index (χ1n) is 3.85. The van der Waals surface area contributed by atoms with Crippen LogP contribution in [0.4, 0.5) is 4.39 Å². The molecule has 0 aliphatic carbocycles. The van der Waals surface area contributed by atoms with E-state index in [1.807, 2.05) is 0 Å². The molecule has 0 aromatic heterocycles. The van der Waals surface area contributed by atoms with E-state index in [1.54, 1.807) is 19.1 Å². The highest BCUT2D eigenvalue weighted by atomic mass is 35.5. The van der Waals surface area contributed by atoms with Crippen LogP contribution in [0, 0.1) is 5.82 Å². The third-order valence-corrected chi connectivity index (χ3v) is 2.27. The zero-order valence-corrected chi connectivity index (χ0v) is 8.11. The maximum absolute atomic E-state index is 13.0. The van der Waals surface area contributed by atoms with Crippen molar-refractivity contribution in [3.8, 4) is 0 Å². The van der Waals surface area contributed by atoms with E-state index in [4.69, 9.17) is 17.3 Å². The lowest BCUT2D eigenvalue weighted by molar-refractivity contribution is 0.597. The van der Waals surface area contributed by atoms with Gasteiger partial charge in [0.15, 0.2) is 0 Å². The number of rotatable bonds is 2. The van der Waals surface area contributed by atoms with Gasteiger partial charge in [-0.25, -0.2) is 4.39 Å². The fraction of sp³-hybridized carbons (Fsp3) is 0.200. The third kappa shape index (κ3) is 2.08. The molecule has 0 aliphatic rings. The molecule has 2 N–H and O–H groups in total. The van der Waals surface area contributed by atoms with E-state index >= 15 is 0 Å². The molecule has 1 aromatic carbocycles. The van der Waals surface area contributed by atoms with Crippen molar-refractivity contribution in [1.29, 1.82) is 0 Å². The molecule has 0 fully saturated rings. The van der Waals surface area contributed by atoms with Gasteiger partial charge in [0.2, 0.25) is 0 Å². The summed E-state index contributed by atoms with van der Waals surface area (Å²) in [6, 6.07) is 4.50. The van der Waals surface area contributed by atoms with E-state index in [9.17, 15) is 4.39 Å². The van der Waals surface area contributed by atoms with Gasteiger partial charge in [0.25, 0.3) is 0 Å². The lowest BCUT2D eigenvalue weighted by atomic mass is 9.93. The first-order valence-corrected chi connectivity index (χ1v) is 4.23. The number of hydrogen-bond donors (Lipinski definition) is 1. The molecule has 0 aliphatic heterocycles. The van der Waals surface area contributed by atoms with Crippen LogP contribution in [0.1, 0.15) is 12.5 Å². The molecule has 0 saturated carbocycles. The minimum atomic E-state index is -0.717. The van der Waals surface area contributed by atoms with Crippen LogP contribution in [0.2, 0.25) is 5.02 Å². The van der Waals surface area contributed by atoms with Crippen molar-refractivity contribution in [1.82, 2.24) is 0 Å². The van der Waals surface area contributed by atoms with Gasteiger partial charge in [-0.15, -0.1) is 6.58 Å². The van der Waals surface area contributed by atoms with Crippen LogP contribution in [0.15, 0.2) is 30.9 Å². The molecule has 0 amide bonds. The minimum absolute atomic E-state index is 0.101.